The van der Waals surface area contributed by atoms with Gasteiger partial charge in [0.2, 0.25) is 0 Å². The highest BCUT2D eigenvalue weighted by Crippen LogP contribution is 2.25. The van der Waals surface area contributed by atoms with E-state index in [0.29, 0.717) is 17.1 Å². The summed E-state index contributed by atoms with van der Waals surface area (Å²) in [5, 5.41) is 16.9. The predicted molar refractivity (Wildman–Crippen MR) is 105 cm³/mol. The summed E-state index contributed by atoms with van der Waals surface area (Å²) < 4.78 is 18.6. The Labute approximate surface area is 169 Å². The van der Waals surface area contributed by atoms with Crippen LogP contribution in [0.15, 0.2) is 70.2 Å². The van der Waals surface area contributed by atoms with Crippen molar-refractivity contribution >= 4 is 23.7 Å². The van der Waals surface area contributed by atoms with Gasteiger partial charge in [0, 0.05) is 23.3 Å². The van der Waals surface area contributed by atoms with Gasteiger partial charge in [-0.25, -0.2) is 9.82 Å². The summed E-state index contributed by atoms with van der Waals surface area (Å²) in [5.41, 5.74) is 2.77. The van der Waals surface area contributed by atoms with E-state index in [2.05, 4.69) is 15.8 Å². The van der Waals surface area contributed by atoms with Gasteiger partial charge >= 0.3 is 0 Å². The number of benzene rings is 2. The minimum atomic E-state index is -0.596. The van der Waals surface area contributed by atoms with Gasteiger partial charge in [-0.15, -0.1) is 0 Å². The molecule has 0 aliphatic carbocycles. The number of amides is 2. The van der Waals surface area contributed by atoms with E-state index in [1.54, 1.807) is 24.3 Å². The standard InChI is InChI=1S/C20H15FN4O5/c21-15-5-1-4-14(9-15)20(27)22-12-19(26)24-23-11-17-7-8-18(30-17)13-3-2-6-16(10-13)25(28)29/h1-11H,12H2,(H,22,27)(H,24,26)/b23-11+. The molecule has 30 heavy (non-hydrogen) atoms. The van der Waals surface area contributed by atoms with Crippen LogP contribution in [0.3, 0.4) is 0 Å². The van der Waals surface area contributed by atoms with Gasteiger partial charge in [0.25, 0.3) is 17.5 Å². The van der Waals surface area contributed by atoms with Crippen molar-refractivity contribution in [2.45, 2.75) is 0 Å². The molecule has 0 saturated heterocycles. The first kappa shape index (κ1) is 20.4. The number of furan rings is 1. The van der Waals surface area contributed by atoms with Crippen molar-refractivity contribution in [1.82, 2.24) is 10.7 Å². The number of nitro benzene ring substituents is 1. The summed E-state index contributed by atoms with van der Waals surface area (Å²) in [7, 11) is 0. The zero-order valence-electron chi connectivity index (χ0n) is 15.4. The van der Waals surface area contributed by atoms with Crippen molar-refractivity contribution in [2.75, 3.05) is 6.54 Å². The summed E-state index contributed by atoms with van der Waals surface area (Å²) in [6, 6.07) is 14.2. The normalized spacial score (nSPS) is 10.7. The Hall–Kier alpha value is -4.34. The molecule has 1 aromatic heterocycles. The van der Waals surface area contributed by atoms with Gasteiger partial charge < -0.3 is 9.73 Å². The second-order valence-electron chi connectivity index (χ2n) is 6.00. The van der Waals surface area contributed by atoms with Crippen LogP contribution in [-0.2, 0) is 4.79 Å². The number of non-ortho nitro benzene ring substituents is 1. The Kier molecular flexibility index (Phi) is 6.28. The van der Waals surface area contributed by atoms with Crippen LogP contribution in [-0.4, -0.2) is 29.5 Å². The lowest BCUT2D eigenvalue weighted by atomic mass is 10.1. The van der Waals surface area contributed by atoms with Crippen LogP contribution < -0.4 is 10.7 Å². The summed E-state index contributed by atoms with van der Waals surface area (Å²) in [5.74, 6) is -1.04. The number of nitro groups is 1. The topological polar surface area (TPSA) is 127 Å². The molecule has 152 valence electrons. The van der Waals surface area contributed by atoms with Gasteiger partial charge in [-0.1, -0.05) is 18.2 Å². The van der Waals surface area contributed by atoms with Crippen LogP contribution in [0.4, 0.5) is 10.1 Å². The van der Waals surface area contributed by atoms with Gasteiger partial charge in [-0.3, -0.25) is 19.7 Å². The van der Waals surface area contributed by atoms with Crippen LogP contribution in [0, 0.1) is 15.9 Å². The van der Waals surface area contributed by atoms with E-state index in [9.17, 15) is 24.1 Å². The highest BCUT2D eigenvalue weighted by Gasteiger charge is 2.10. The molecule has 3 aromatic rings. The molecule has 10 heteroatoms. The van der Waals surface area contributed by atoms with Gasteiger partial charge in [0.1, 0.15) is 17.3 Å². The number of carbonyl (C=O) groups excluding carboxylic acids is 2. The lowest BCUT2D eigenvalue weighted by Gasteiger charge is -2.04. The summed E-state index contributed by atoms with van der Waals surface area (Å²) >= 11 is 0. The van der Waals surface area contributed by atoms with Crippen molar-refractivity contribution in [2.24, 2.45) is 5.10 Å². The molecule has 9 nitrogen and oxygen atoms in total. The van der Waals surface area contributed by atoms with Crippen LogP contribution in [0.5, 0.6) is 0 Å². The van der Waals surface area contributed by atoms with E-state index in [-0.39, 0.29) is 17.8 Å². The summed E-state index contributed by atoms with van der Waals surface area (Å²) in [6.07, 6.45) is 1.24. The molecule has 1 heterocycles. The van der Waals surface area contributed by atoms with E-state index >= 15 is 0 Å². The average molecular weight is 410 g/mol. The van der Waals surface area contributed by atoms with E-state index < -0.39 is 22.6 Å². The smallest absolute Gasteiger partial charge is 0.270 e. The number of hydrogen-bond acceptors (Lipinski definition) is 6. The molecule has 0 radical (unpaired) electrons. The third kappa shape index (κ3) is 5.35. The Morgan fingerprint density at radius 1 is 1.13 bits per heavy atom. The van der Waals surface area contributed by atoms with Crippen molar-refractivity contribution in [3.63, 3.8) is 0 Å². The van der Waals surface area contributed by atoms with Crippen molar-refractivity contribution in [3.05, 3.63) is 87.9 Å². The second kappa shape index (κ2) is 9.24. The minimum Gasteiger partial charge on any atom is -0.455 e. The monoisotopic (exact) mass is 410 g/mol. The third-order valence-corrected chi connectivity index (χ3v) is 3.85. The first-order valence-electron chi connectivity index (χ1n) is 8.63. The Bertz CT molecular complexity index is 1130. The van der Waals surface area contributed by atoms with Crippen molar-refractivity contribution in [3.8, 4) is 11.3 Å². The molecular formula is C20H15FN4O5. The fourth-order valence-electron chi connectivity index (χ4n) is 2.45. The second-order valence-corrected chi connectivity index (χ2v) is 6.00. The molecule has 3 rings (SSSR count). The molecule has 0 aliphatic rings. The predicted octanol–water partition coefficient (Wildman–Crippen LogP) is 2.87. The quantitative estimate of drug-likeness (QED) is 0.352. The summed E-state index contributed by atoms with van der Waals surface area (Å²) in [4.78, 5) is 34.0. The molecule has 2 amide bonds. The Balaban J connectivity index is 1.52. The van der Waals surface area contributed by atoms with Crippen LogP contribution in [0.25, 0.3) is 11.3 Å². The van der Waals surface area contributed by atoms with Gasteiger partial charge in [0.05, 0.1) is 17.7 Å². The number of hydrogen-bond donors (Lipinski definition) is 2. The van der Waals surface area contributed by atoms with Gasteiger partial charge in [-0.2, -0.15) is 5.10 Å². The Morgan fingerprint density at radius 3 is 2.70 bits per heavy atom. The molecule has 2 N–H and O–H groups in total. The fourth-order valence-corrected chi connectivity index (χ4v) is 2.45. The van der Waals surface area contributed by atoms with Crippen LogP contribution in [0.1, 0.15) is 16.1 Å². The fraction of sp³-hybridized carbons (Fsp3) is 0.0500. The number of carbonyl (C=O) groups is 2. The van der Waals surface area contributed by atoms with Crippen molar-refractivity contribution < 1.29 is 23.3 Å². The maximum atomic E-state index is 13.1. The van der Waals surface area contributed by atoms with Crippen molar-refractivity contribution in [1.29, 1.82) is 0 Å². The zero-order chi connectivity index (χ0) is 21.5. The molecule has 0 bridgehead atoms. The average Bonchev–Trinajstić information content (AvgIpc) is 3.21. The lowest BCUT2D eigenvalue weighted by Crippen LogP contribution is -2.34. The molecule has 2 aromatic carbocycles. The van der Waals surface area contributed by atoms with E-state index in [4.69, 9.17) is 4.42 Å². The highest BCUT2D eigenvalue weighted by atomic mass is 19.1. The molecule has 0 atom stereocenters. The molecule has 0 saturated carbocycles. The van der Waals surface area contributed by atoms with Gasteiger partial charge in [-0.05, 0) is 30.3 Å². The van der Waals surface area contributed by atoms with E-state index in [1.165, 1.54) is 36.5 Å². The summed E-state index contributed by atoms with van der Waals surface area (Å²) in [6.45, 7) is -0.357. The number of nitrogens with one attached hydrogen (secondary N) is 2. The van der Waals surface area contributed by atoms with Crippen LogP contribution >= 0.6 is 0 Å². The highest BCUT2D eigenvalue weighted by molar-refractivity contribution is 5.96. The molecular weight excluding hydrogens is 395 g/mol. The molecule has 0 unspecified atom stereocenters. The molecule has 0 fully saturated rings. The van der Waals surface area contributed by atoms with E-state index in [1.807, 2.05) is 0 Å². The maximum Gasteiger partial charge on any atom is 0.270 e. The number of hydrazone groups is 1. The van der Waals surface area contributed by atoms with Gasteiger partial charge in [0.15, 0.2) is 0 Å². The first-order valence-corrected chi connectivity index (χ1v) is 8.63. The SMILES string of the molecule is O=C(CNC(=O)c1cccc(F)c1)N/N=C/c1ccc(-c2cccc([N+](=O)[O-])c2)o1. The third-order valence-electron chi connectivity index (χ3n) is 3.85. The van der Waals surface area contributed by atoms with Crippen LogP contribution in [0.2, 0.25) is 0 Å². The largest absolute Gasteiger partial charge is 0.455 e. The lowest BCUT2D eigenvalue weighted by molar-refractivity contribution is -0.384. The molecule has 0 aliphatic heterocycles. The van der Waals surface area contributed by atoms with E-state index in [0.717, 1.165) is 6.07 Å². The molecule has 0 spiro atoms. The number of rotatable bonds is 7. The number of halogens is 1. The first-order chi connectivity index (χ1) is 14.4. The zero-order valence-corrected chi connectivity index (χ0v) is 15.4. The maximum absolute atomic E-state index is 13.1. The Morgan fingerprint density at radius 2 is 1.93 bits per heavy atom. The number of nitrogens with zero attached hydrogens (tertiary/aromatic N) is 2. The minimum absolute atomic E-state index is 0.0633.